The smallest absolute Gasteiger partial charge is 0.101 e. The van der Waals surface area contributed by atoms with Crippen molar-refractivity contribution in [1.82, 2.24) is 9.80 Å². The predicted octanol–water partition coefficient (Wildman–Crippen LogP) is 16.3. The van der Waals surface area contributed by atoms with Gasteiger partial charge in [-0.15, -0.1) is 0 Å². The SMILES string of the molecule is CCCCCCCCCCCCCCCCCCCN1C=CN(CCCCCCCCCCCCCC)C1CCCCCCCCCC. The van der Waals surface area contributed by atoms with Crippen LogP contribution in [0.25, 0.3) is 0 Å². The van der Waals surface area contributed by atoms with E-state index in [9.17, 15) is 0 Å². The molecular weight excluding hydrogens is 581 g/mol. The van der Waals surface area contributed by atoms with Crippen LogP contribution in [0.4, 0.5) is 0 Å². The Morgan fingerprint density at radius 2 is 0.479 bits per heavy atom. The molecule has 1 aliphatic heterocycles. The fourth-order valence-electron chi connectivity index (χ4n) is 7.95. The second kappa shape index (κ2) is 37.6. The molecule has 2 heteroatoms. The van der Waals surface area contributed by atoms with Gasteiger partial charge in [-0.1, -0.05) is 239 Å². The van der Waals surface area contributed by atoms with Gasteiger partial charge in [0.1, 0.15) is 6.17 Å². The minimum Gasteiger partial charge on any atom is -0.356 e. The second-order valence-corrected chi connectivity index (χ2v) is 16.1. The van der Waals surface area contributed by atoms with E-state index in [-0.39, 0.29) is 0 Å². The topological polar surface area (TPSA) is 6.48 Å². The monoisotopic (exact) mass is 673 g/mol. The third-order valence-electron chi connectivity index (χ3n) is 11.3. The molecule has 1 unspecified atom stereocenters. The highest BCUT2D eigenvalue weighted by Gasteiger charge is 2.24. The van der Waals surface area contributed by atoms with Crippen molar-refractivity contribution in [3.05, 3.63) is 12.4 Å². The van der Waals surface area contributed by atoms with Gasteiger partial charge in [0.2, 0.25) is 0 Å². The molecule has 0 saturated carbocycles. The van der Waals surface area contributed by atoms with Crippen LogP contribution in [0, 0.1) is 0 Å². The lowest BCUT2D eigenvalue weighted by Crippen LogP contribution is -2.39. The first-order valence-electron chi connectivity index (χ1n) is 23.0. The zero-order valence-corrected chi connectivity index (χ0v) is 33.9. The lowest BCUT2D eigenvalue weighted by Gasteiger charge is -2.33. The number of hydrogen-bond donors (Lipinski definition) is 0. The third-order valence-corrected chi connectivity index (χ3v) is 11.3. The molecule has 0 fully saturated rings. The molecule has 0 aromatic rings. The molecule has 1 aliphatic rings. The van der Waals surface area contributed by atoms with Crippen molar-refractivity contribution in [3.8, 4) is 0 Å². The summed E-state index contributed by atoms with van der Waals surface area (Å²) >= 11 is 0. The lowest BCUT2D eigenvalue weighted by atomic mass is 10.0. The summed E-state index contributed by atoms with van der Waals surface area (Å²) in [5.74, 6) is 0. The summed E-state index contributed by atoms with van der Waals surface area (Å²) in [5.41, 5.74) is 0. The van der Waals surface area contributed by atoms with Crippen molar-refractivity contribution in [3.63, 3.8) is 0 Å². The van der Waals surface area contributed by atoms with Crippen LogP contribution in [0.15, 0.2) is 12.4 Å². The summed E-state index contributed by atoms with van der Waals surface area (Å²) in [6, 6.07) is 0. The summed E-state index contributed by atoms with van der Waals surface area (Å²) in [5, 5.41) is 0. The number of nitrogens with zero attached hydrogens (tertiary/aromatic N) is 2. The largest absolute Gasteiger partial charge is 0.356 e. The molecule has 0 amide bonds. The van der Waals surface area contributed by atoms with Gasteiger partial charge in [-0.25, -0.2) is 0 Å². The summed E-state index contributed by atoms with van der Waals surface area (Å²) in [7, 11) is 0. The van der Waals surface area contributed by atoms with Crippen LogP contribution in [0.2, 0.25) is 0 Å². The van der Waals surface area contributed by atoms with Gasteiger partial charge < -0.3 is 9.80 Å². The van der Waals surface area contributed by atoms with Crippen LogP contribution in [-0.4, -0.2) is 29.1 Å². The molecular formula is C46H92N2. The van der Waals surface area contributed by atoms with Gasteiger partial charge in [0, 0.05) is 25.5 Å². The molecule has 0 bridgehead atoms. The molecule has 0 aromatic carbocycles. The average Bonchev–Trinajstić information content (AvgIpc) is 3.48. The Balaban J connectivity index is 2.14. The van der Waals surface area contributed by atoms with Crippen LogP contribution in [-0.2, 0) is 0 Å². The van der Waals surface area contributed by atoms with Gasteiger partial charge in [0.05, 0.1) is 0 Å². The second-order valence-electron chi connectivity index (χ2n) is 16.1. The highest BCUT2D eigenvalue weighted by molar-refractivity contribution is 4.97. The van der Waals surface area contributed by atoms with Crippen molar-refractivity contribution < 1.29 is 0 Å². The maximum atomic E-state index is 2.73. The summed E-state index contributed by atoms with van der Waals surface area (Å²) < 4.78 is 0. The fourth-order valence-corrected chi connectivity index (χ4v) is 7.95. The van der Waals surface area contributed by atoms with E-state index < -0.39 is 0 Å². The molecule has 1 heterocycles. The van der Waals surface area contributed by atoms with Gasteiger partial charge in [-0.05, 0) is 25.7 Å². The van der Waals surface area contributed by atoms with Crippen LogP contribution < -0.4 is 0 Å². The van der Waals surface area contributed by atoms with Gasteiger partial charge in [-0.3, -0.25) is 0 Å². The van der Waals surface area contributed by atoms with E-state index in [1.165, 1.54) is 257 Å². The molecule has 0 radical (unpaired) electrons. The Kier molecular flexibility index (Phi) is 35.5. The Hall–Kier alpha value is -0.660. The first kappa shape index (κ1) is 45.4. The van der Waals surface area contributed by atoms with Crippen LogP contribution in [0.5, 0.6) is 0 Å². The van der Waals surface area contributed by atoms with Crippen molar-refractivity contribution in [2.24, 2.45) is 0 Å². The highest BCUT2D eigenvalue weighted by atomic mass is 15.4. The third kappa shape index (κ3) is 29.1. The van der Waals surface area contributed by atoms with Crippen LogP contribution in [0.3, 0.4) is 0 Å². The summed E-state index contributed by atoms with van der Waals surface area (Å²) in [6.07, 6.45) is 60.4. The molecule has 2 nitrogen and oxygen atoms in total. The number of hydrogen-bond acceptors (Lipinski definition) is 2. The molecule has 0 saturated heterocycles. The van der Waals surface area contributed by atoms with Gasteiger partial charge in [0.25, 0.3) is 0 Å². The van der Waals surface area contributed by atoms with Gasteiger partial charge in [-0.2, -0.15) is 0 Å². The van der Waals surface area contributed by atoms with E-state index in [0.717, 1.165) is 0 Å². The van der Waals surface area contributed by atoms with Crippen LogP contribution in [0.1, 0.15) is 265 Å². The van der Waals surface area contributed by atoms with E-state index in [1.807, 2.05) is 0 Å². The number of rotatable bonds is 40. The van der Waals surface area contributed by atoms with Crippen molar-refractivity contribution >= 4 is 0 Å². The van der Waals surface area contributed by atoms with E-state index in [2.05, 4.69) is 43.0 Å². The Morgan fingerprint density at radius 1 is 0.271 bits per heavy atom. The summed E-state index contributed by atoms with van der Waals surface area (Å²) in [4.78, 5) is 5.46. The zero-order valence-electron chi connectivity index (χ0n) is 33.9. The highest BCUT2D eigenvalue weighted by Crippen LogP contribution is 2.24. The van der Waals surface area contributed by atoms with Crippen molar-refractivity contribution in [2.45, 2.75) is 271 Å². The fraction of sp³-hybridized carbons (Fsp3) is 0.957. The molecule has 48 heavy (non-hydrogen) atoms. The van der Waals surface area contributed by atoms with E-state index in [1.54, 1.807) is 0 Å². The van der Waals surface area contributed by atoms with Crippen molar-refractivity contribution in [2.75, 3.05) is 13.1 Å². The van der Waals surface area contributed by atoms with E-state index >= 15 is 0 Å². The molecule has 0 N–H and O–H groups in total. The normalized spacial score (nSPS) is 14.6. The van der Waals surface area contributed by atoms with Gasteiger partial charge >= 0.3 is 0 Å². The standard InChI is InChI=1S/C46H92N2/c1-4-7-10-13-16-19-21-23-24-25-26-27-29-31-34-37-40-43-48-45-44-47(46(48)41-38-35-32-18-15-12-9-6-3)42-39-36-33-30-28-22-20-17-14-11-8-5-2/h44-46H,4-43H2,1-3H3. The summed E-state index contributed by atoms with van der Waals surface area (Å²) in [6.45, 7) is 9.49. The number of unbranched alkanes of at least 4 members (excludes halogenated alkanes) is 34. The molecule has 1 atom stereocenters. The minimum atomic E-state index is 0.638. The maximum absolute atomic E-state index is 2.73. The van der Waals surface area contributed by atoms with E-state index in [4.69, 9.17) is 0 Å². The molecule has 0 aliphatic carbocycles. The van der Waals surface area contributed by atoms with Crippen molar-refractivity contribution in [1.29, 1.82) is 0 Å². The quantitative estimate of drug-likeness (QED) is 0.0598. The van der Waals surface area contributed by atoms with Gasteiger partial charge in [0.15, 0.2) is 0 Å². The average molecular weight is 673 g/mol. The minimum absolute atomic E-state index is 0.638. The first-order chi connectivity index (χ1) is 23.8. The Morgan fingerprint density at radius 3 is 0.729 bits per heavy atom. The molecule has 286 valence electrons. The predicted molar refractivity (Wildman–Crippen MR) is 219 cm³/mol. The molecule has 0 spiro atoms. The maximum Gasteiger partial charge on any atom is 0.101 e. The van der Waals surface area contributed by atoms with E-state index in [0.29, 0.717) is 6.17 Å². The lowest BCUT2D eigenvalue weighted by molar-refractivity contribution is 0.135. The first-order valence-corrected chi connectivity index (χ1v) is 23.0. The molecule has 1 rings (SSSR count). The molecule has 0 aromatic heterocycles. The Labute approximate surface area is 305 Å². The zero-order chi connectivity index (χ0) is 34.4. The Bertz CT molecular complexity index is 630. The van der Waals surface area contributed by atoms with Crippen LogP contribution >= 0.6 is 0 Å².